The first-order valence-corrected chi connectivity index (χ1v) is 7.89. The van der Waals surface area contributed by atoms with Gasteiger partial charge in [-0.3, -0.25) is 14.9 Å². The number of aliphatic carboxylic acids is 2. The van der Waals surface area contributed by atoms with Crippen LogP contribution in [0.3, 0.4) is 0 Å². The molecule has 26 heavy (non-hydrogen) atoms. The summed E-state index contributed by atoms with van der Waals surface area (Å²) in [6.07, 6.45) is 2.33. The van der Waals surface area contributed by atoms with Crippen LogP contribution in [0.1, 0.15) is 32.8 Å². The number of ether oxygens (including phenoxy) is 1. The molecule has 1 atom stereocenters. The predicted molar refractivity (Wildman–Crippen MR) is 92.9 cm³/mol. The maximum absolute atomic E-state index is 11.7. The van der Waals surface area contributed by atoms with E-state index in [4.69, 9.17) is 4.74 Å². The Hall–Kier alpha value is -3.16. The molecule has 1 aliphatic rings. The molecule has 1 aromatic rings. The molecule has 1 aliphatic carbocycles. The average Bonchev–Trinajstić information content (AvgIpc) is 2.53. The van der Waals surface area contributed by atoms with Crippen LogP contribution in [-0.2, 0) is 9.59 Å². The Morgan fingerprint density at radius 2 is 1.96 bits per heavy atom. The zero-order valence-corrected chi connectivity index (χ0v) is 14.6. The van der Waals surface area contributed by atoms with E-state index < -0.39 is 22.3 Å². The third-order valence-corrected chi connectivity index (χ3v) is 3.97. The molecular formula is C18H19NO7. The highest BCUT2D eigenvalue weighted by atomic mass is 16.6. The van der Waals surface area contributed by atoms with Crippen LogP contribution in [0.15, 0.2) is 35.9 Å². The molecule has 2 N–H and O–H groups in total. The first kappa shape index (κ1) is 19.2. The van der Waals surface area contributed by atoms with Crippen LogP contribution in [0.5, 0.6) is 5.75 Å². The number of hydrogen-bond donors (Lipinski definition) is 2. The lowest BCUT2D eigenvalue weighted by Crippen LogP contribution is -2.29. The van der Waals surface area contributed by atoms with Gasteiger partial charge in [0.2, 0.25) is 0 Å². The molecule has 0 heterocycles. The Morgan fingerprint density at radius 3 is 2.46 bits per heavy atom. The van der Waals surface area contributed by atoms with Crippen molar-refractivity contribution in [2.45, 2.75) is 33.3 Å². The van der Waals surface area contributed by atoms with Gasteiger partial charge in [-0.25, -0.2) is 4.79 Å². The quantitative estimate of drug-likeness (QED) is 0.588. The molecule has 0 radical (unpaired) electrons. The zero-order chi connectivity index (χ0) is 19.6. The maximum atomic E-state index is 11.7. The second-order valence-electron chi connectivity index (χ2n) is 6.58. The van der Waals surface area contributed by atoms with Gasteiger partial charge >= 0.3 is 11.9 Å². The fourth-order valence-corrected chi connectivity index (χ4v) is 2.71. The van der Waals surface area contributed by atoms with Crippen molar-refractivity contribution < 1.29 is 29.5 Å². The van der Waals surface area contributed by atoms with E-state index in [-0.39, 0.29) is 34.9 Å². The number of carboxylic acids is 2. The molecule has 0 fully saturated rings. The minimum absolute atomic E-state index is 0.0885. The molecule has 0 bridgehead atoms. The van der Waals surface area contributed by atoms with Crippen LogP contribution in [0, 0.1) is 15.5 Å². The van der Waals surface area contributed by atoms with Gasteiger partial charge in [-0.1, -0.05) is 6.08 Å². The number of benzene rings is 1. The number of non-ortho nitro benzene ring substituents is 1. The number of carbonyl (C=O) groups is 2. The molecule has 8 nitrogen and oxygen atoms in total. The lowest BCUT2D eigenvalue weighted by Gasteiger charge is -2.27. The summed E-state index contributed by atoms with van der Waals surface area (Å²) in [7, 11) is 0. The second kappa shape index (κ2) is 6.99. The monoisotopic (exact) mass is 361 g/mol. The molecule has 0 amide bonds. The number of allylic oxidation sites excluding steroid dienone is 2. The minimum atomic E-state index is -1.45. The van der Waals surface area contributed by atoms with Gasteiger partial charge in [0.15, 0.2) is 0 Å². The third-order valence-electron chi connectivity index (χ3n) is 3.97. The van der Waals surface area contributed by atoms with Crippen molar-refractivity contribution in [2.24, 2.45) is 5.41 Å². The normalized spacial score (nSPS) is 19.5. The highest BCUT2D eigenvalue weighted by Gasteiger charge is 2.37. The van der Waals surface area contributed by atoms with Crippen molar-refractivity contribution >= 4 is 23.2 Å². The summed E-state index contributed by atoms with van der Waals surface area (Å²) in [6.45, 7) is 4.96. The van der Waals surface area contributed by atoms with Crippen LogP contribution in [0.2, 0.25) is 0 Å². The lowest BCUT2D eigenvalue weighted by atomic mass is 9.76. The van der Waals surface area contributed by atoms with Gasteiger partial charge in [0.05, 0.1) is 16.4 Å². The topological polar surface area (TPSA) is 127 Å². The summed E-state index contributed by atoms with van der Waals surface area (Å²) in [5.74, 6) is -2.11. The minimum Gasteiger partial charge on any atom is -0.490 e. The molecule has 138 valence electrons. The van der Waals surface area contributed by atoms with Gasteiger partial charge in [0.25, 0.3) is 5.69 Å². The molecule has 0 aliphatic heterocycles. The smallest absolute Gasteiger partial charge is 0.331 e. The van der Waals surface area contributed by atoms with E-state index in [9.17, 15) is 29.9 Å². The van der Waals surface area contributed by atoms with Gasteiger partial charge in [-0.05, 0) is 44.9 Å². The van der Waals surface area contributed by atoms with E-state index in [2.05, 4.69) is 0 Å². The molecule has 1 aromatic carbocycles. The molecular weight excluding hydrogens is 342 g/mol. The third kappa shape index (κ3) is 3.90. The Kier molecular flexibility index (Phi) is 5.15. The van der Waals surface area contributed by atoms with Crippen molar-refractivity contribution in [1.82, 2.24) is 0 Å². The summed E-state index contributed by atoms with van der Waals surface area (Å²) < 4.78 is 5.67. The highest BCUT2D eigenvalue weighted by Crippen LogP contribution is 2.41. The molecule has 0 aromatic heterocycles. The molecule has 1 unspecified atom stereocenters. The summed E-state index contributed by atoms with van der Waals surface area (Å²) in [5.41, 5.74) is -1.20. The second-order valence-corrected chi connectivity index (χ2v) is 6.58. The van der Waals surface area contributed by atoms with Crippen LogP contribution in [0.4, 0.5) is 5.69 Å². The van der Waals surface area contributed by atoms with Crippen LogP contribution < -0.4 is 4.74 Å². The summed E-state index contributed by atoms with van der Waals surface area (Å²) >= 11 is 0. The molecule has 0 saturated heterocycles. The predicted octanol–water partition coefficient (Wildman–Crippen LogP) is 3.27. The van der Waals surface area contributed by atoms with Crippen LogP contribution in [-0.4, -0.2) is 33.2 Å². The van der Waals surface area contributed by atoms with Crippen molar-refractivity contribution in [3.63, 3.8) is 0 Å². The number of hydrogen-bond acceptors (Lipinski definition) is 5. The van der Waals surface area contributed by atoms with Crippen molar-refractivity contribution in [1.29, 1.82) is 0 Å². The molecule has 2 rings (SSSR count). The van der Waals surface area contributed by atoms with Crippen molar-refractivity contribution in [3.8, 4) is 5.75 Å². The van der Waals surface area contributed by atoms with E-state index in [1.807, 2.05) is 0 Å². The van der Waals surface area contributed by atoms with E-state index in [0.717, 1.165) is 0 Å². The largest absolute Gasteiger partial charge is 0.490 e. The van der Waals surface area contributed by atoms with Gasteiger partial charge < -0.3 is 14.9 Å². The molecule has 0 spiro atoms. The fourth-order valence-electron chi connectivity index (χ4n) is 2.71. The van der Waals surface area contributed by atoms with E-state index in [1.54, 1.807) is 13.8 Å². The first-order chi connectivity index (χ1) is 12.0. The number of carboxylic acid groups (broad SMARTS) is 2. The van der Waals surface area contributed by atoms with Gasteiger partial charge in [0.1, 0.15) is 5.75 Å². The average molecular weight is 361 g/mol. The Labute approximate surface area is 149 Å². The highest BCUT2D eigenvalue weighted by molar-refractivity contribution is 5.96. The number of nitro benzene ring substituents is 1. The lowest BCUT2D eigenvalue weighted by molar-refractivity contribution is -0.384. The SMILES string of the molecule is CC(C)Oc1ccc([N+](=O)[O-])cc1C1=CC(C)(C(=O)O)CC(C(=O)O)=C1. The summed E-state index contributed by atoms with van der Waals surface area (Å²) in [4.78, 5) is 33.6. The molecule has 8 heteroatoms. The van der Waals surface area contributed by atoms with E-state index in [1.165, 1.54) is 37.3 Å². The van der Waals surface area contributed by atoms with Gasteiger partial charge in [-0.2, -0.15) is 0 Å². The standard InChI is InChI=1S/C18H19NO7/c1-10(2)26-15-5-4-13(19(24)25)7-14(15)11-6-12(16(20)21)9-18(3,8-11)17(22)23/h4-8,10H,9H2,1-3H3,(H,20,21)(H,22,23). The first-order valence-electron chi connectivity index (χ1n) is 7.89. The van der Waals surface area contributed by atoms with E-state index >= 15 is 0 Å². The Bertz CT molecular complexity index is 838. The Morgan fingerprint density at radius 1 is 1.31 bits per heavy atom. The summed E-state index contributed by atoms with van der Waals surface area (Å²) in [5, 5.41) is 30.0. The maximum Gasteiger partial charge on any atom is 0.331 e. The van der Waals surface area contributed by atoms with Crippen LogP contribution in [0.25, 0.3) is 5.57 Å². The Balaban J connectivity index is 2.70. The number of rotatable bonds is 6. The molecule has 0 saturated carbocycles. The van der Waals surface area contributed by atoms with Crippen molar-refractivity contribution in [3.05, 3.63) is 51.6 Å². The van der Waals surface area contributed by atoms with Crippen LogP contribution >= 0.6 is 0 Å². The van der Waals surface area contributed by atoms with Crippen molar-refractivity contribution in [2.75, 3.05) is 0 Å². The fraction of sp³-hybridized carbons (Fsp3) is 0.333. The number of nitro groups is 1. The van der Waals surface area contributed by atoms with Gasteiger partial charge in [-0.15, -0.1) is 0 Å². The zero-order valence-electron chi connectivity index (χ0n) is 14.6. The summed E-state index contributed by atoms with van der Waals surface area (Å²) in [6, 6.07) is 3.96. The number of nitrogens with zero attached hydrogens (tertiary/aromatic N) is 1. The van der Waals surface area contributed by atoms with Gasteiger partial charge in [0, 0.05) is 23.3 Å². The van der Waals surface area contributed by atoms with E-state index in [0.29, 0.717) is 5.75 Å².